The van der Waals surface area contributed by atoms with Crippen LogP contribution in [-0.2, 0) is 6.42 Å². The third kappa shape index (κ3) is 5.17. The summed E-state index contributed by atoms with van der Waals surface area (Å²) in [6.45, 7) is 7.94. The average Bonchev–Trinajstić information content (AvgIpc) is 3.19. The molecule has 9 heteroatoms. The third-order valence-electron chi connectivity index (χ3n) is 5.22. The molecule has 0 saturated carbocycles. The van der Waals surface area contributed by atoms with Crippen LogP contribution >= 0.6 is 0 Å². The molecule has 1 amide bonds. The zero-order valence-electron chi connectivity index (χ0n) is 17.0. The van der Waals surface area contributed by atoms with Crippen molar-refractivity contribution in [2.45, 2.75) is 45.6 Å². The second kappa shape index (κ2) is 10.1. The number of pyridine rings is 1. The molecule has 29 heavy (non-hydrogen) atoms. The molecule has 1 unspecified atom stereocenters. The Kier molecular flexibility index (Phi) is 7.29. The average molecular weight is 400 g/mol. The van der Waals surface area contributed by atoms with Gasteiger partial charge in [-0.2, -0.15) is 10.0 Å². The minimum Gasteiger partial charge on any atom is -0.478 e. The van der Waals surface area contributed by atoms with Gasteiger partial charge in [0.05, 0.1) is 18.5 Å². The Bertz CT molecular complexity index is 816. The summed E-state index contributed by atoms with van der Waals surface area (Å²) >= 11 is 0. The van der Waals surface area contributed by atoms with E-state index in [2.05, 4.69) is 44.4 Å². The van der Waals surface area contributed by atoms with Gasteiger partial charge in [-0.3, -0.25) is 9.89 Å². The number of carbonyl (C=O) groups excluding carboxylic acids is 1. The van der Waals surface area contributed by atoms with E-state index in [1.807, 2.05) is 0 Å². The molecule has 0 aliphatic heterocycles. The molecule has 9 nitrogen and oxygen atoms in total. The molecular formula is C20H28N6O3. The summed E-state index contributed by atoms with van der Waals surface area (Å²) in [5, 5.41) is 12.9. The van der Waals surface area contributed by atoms with Crippen LogP contribution < -0.4 is 10.1 Å². The van der Waals surface area contributed by atoms with Gasteiger partial charge in [0, 0.05) is 23.9 Å². The summed E-state index contributed by atoms with van der Waals surface area (Å²) in [4.78, 5) is 30.3. The highest BCUT2D eigenvalue weighted by Crippen LogP contribution is 2.33. The number of aromatic nitrogens is 3. The van der Waals surface area contributed by atoms with Gasteiger partial charge in [-0.05, 0) is 44.8 Å². The maximum absolute atomic E-state index is 12.6. The van der Waals surface area contributed by atoms with Gasteiger partial charge in [0.25, 0.3) is 5.91 Å². The van der Waals surface area contributed by atoms with Crippen LogP contribution in [0.4, 0.5) is 5.69 Å². The lowest BCUT2D eigenvalue weighted by molar-refractivity contribution is 0.102. The van der Waals surface area contributed by atoms with Crippen molar-refractivity contribution < 1.29 is 9.53 Å². The lowest BCUT2D eigenvalue weighted by atomic mass is 9.91. The van der Waals surface area contributed by atoms with Gasteiger partial charge in [0.2, 0.25) is 5.88 Å². The van der Waals surface area contributed by atoms with Gasteiger partial charge in [-0.25, -0.2) is 4.98 Å². The molecule has 0 aromatic carbocycles. The SMILES string of the molecule is CCN(CC)CCCOc1ccc(NC(=O)c2n[nH]c3c2C(N=O)CCC3)cn1. The van der Waals surface area contributed by atoms with Crippen LogP contribution in [0.2, 0.25) is 0 Å². The smallest absolute Gasteiger partial charge is 0.276 e. The van der Waals surface area contributed by atoms with Gasteiger partial charge in [-0.1, -0.05) is 19.0 Å². The van der Waals surface area contributed by atoms with E-state index in [4.69, 9.17) is 4.74 Å². The number of anilines is 1. The molecule has 156 valence electrons. The van der Waals surface area contributed by atoms with Gasteiger partial charge in [0.15, 0.2) is 5.69 Å². The number of aromatic amines is 1. The molecule has 2 heterocycles. The number of carbonyl (C=O) groups is 1. The fourth-order valence-corrected chi connectivity index (χ4v) is 3.57. The van der Waals surface area contributed by atoms with Gasteiger partial charge < -0.3 is 15.0 Å². The van der Waals surface area contributed by atoms with Crippen molar-refractivity contribution in [3.05, 3.63) is 40.2 Å². The molecule has 0 radical (unpaired) electrons. The van der Waals surface area contributed by atoms with Crippen LogP contribution in [0.3, 0.4) is 0 Å². The molecule has 2 aromatic rings. The summed E-state index contributed by atoms with van der Waals surface area (Å²) in [5.74, 6) is 0.137. The predicted molar refractivity (Wildman–Crippen MR) is 110 cm³/mol. The zero-order chi connectivity index (χ0) is 20.6. The number of nitrogens with one attached hydrogen (secondary N) is 2. The van der Waals surface area contributed by atoms with Crippen LogP contribution in [-0.4, -0.2) is 52.2 Å². The first-order chi connectivity index (χ1) is 14.2. The van der Waals surface area contributed by atoms with E-state index in [0.29, 0.717) is 30.2 Å². The summed E-state index contributed by atoms with van der Waals surface area (Å²) < 4.78 is 5.67. The normalized spacial score (nSPS) is 15.8. The Labute approximate surface area is 170 Å². The number of nitroso groups, excluding NO2 is 1. The maximum Gasteiger partial charge on any atom is 0.276 e. The van der Waals surface area contributed by atoms with E-state index in [1.54, 1.807) is 18.3 Å². The number of hydrogen-bond donors (Lipinski definition) is 2. The van der Waals surface area contributed by atoms with E-state index >= 15 is 0 Å². The molecular weight excluding hydrogens is 372 g/mol. The third-order valence-corrected chi connectivity index (χ3v) is 5.22. The van der Waals surface area contributed by atoms with Gasteiger partial charge in [-0.15, -0.1) is 0 Å². The van der Waals surface area contributed by atoms with Crippen molar-refractivity contribution in [3.63, 3.8) is 0 Å². The number of rotatable bonds is 10. The molecule has 2 N–H and O–H groups in total. The Morgan fingerprint density at radius 1 is 1.38 bits per heavy atom. The summed E-state index contributed by atoms with van der Waals surface area (Å²) in [5.41, 5.74) is 2.19. The highest BCUT2D eigenvalue weighted by molar-refractivity contribution is 6.04. The van der Waals surface area contributed by atoms with E-state index in [-0.39, 0.29) is 11.6 Å². The largest absolute Gasteiger partial charge is 0.478 e. The second-order valence-corrected chi connectivity index (χ2v) is 7.05. The van der Waals surface area contributed by atoms with Crippen molar-refractivity contribution in [1.82, 2.24) is 20.1 Å². The van der Waals surface area contributed by atoms with Crippen molar-refractivity contribution in [2.24, 2.45) is 5.18 Å². The second-order valence-electron chi connectivity index (χ2n) is 7.05. The molecule has 0 spiro atoms. The molecule has 2 aromatic heterocycles. The standard InChI is InChI=1S/C20H28N6O3/c1-3-26(4-2)11-6-12-29-17-10-9-14(13-21-17)22-20(27)19-18-15(23-24-19)7-5-8-16(18)25-28/h9-10,13,16H,3-8,11-12H2,1-2H3,(H,22,27)(H,23,24). The molecule has 1 aliphatic carbocycles. The van der Waals surface area contributed by atoms with E-state index in [9.17, 15) is 9.70 Å². The van der Waals surface area contributed by atoms with Crippen molar-refractivity contribution in [1.29, 1.82) is 0 Å². The number of fused-ring (bicyclic) bond motifs is 1. The Balaban J connectivity index is 1.54. The number of ether oxygens (including phenoxy) is 1. The van der Waals surface area contributed by atoms with Gasteiger partial charge in [0.1, 0.15) is 6.04 Å². The van der Waals surface area contributed by atoms with E-state index in [0.717, 1.165) is 44.6 Å². The fourth-order valence-electron chi connectivity index (χ4n) is 3.57. The number of H-pyrrole nitrogens is 1. The maximum atomic E-state index is 12.6. The minimum atomic E-state index is -0.525. The lowest BCUT2D eigenvalue weighted by Gasteiger charge is -2.17. The molecule has 0 fully saturated rings. The summed E-state index contributed by atoms with van der Waals surface area (Å²) in [6.07, 6.45) is 4.73. The molecule has 1 atom stereocenters. The number of amides is 1. The summed E-state index contributed by atoms with van der Waals surface area (Å²) in [7, 11) is 0. The number of hydrogen-bond acceptors (Lipinski definition) is 7. The van der Waals surface area contributed by atoms with Crippen molar-refractivity contribution in [3.8, 4) is 5.88 Å². The van der Waals surface area contributed by atoms with Crippen molar-refractivity contribution in [2.75, 3.05) is 31.6 Å². The monoisotopic (exact) mass is 400 g/mol. The zero-order valence-corrected chi connectivity index (χ0v) is 17.0. The van der Waals surface area contributed by atoms with Crippen molar-refractivity contribution >= 4 is 11.6 Å². The Morgan fingerprint density at radius 2 is 2.21 bits per heavy atom. The number of aryl methyl sites for hydroxylation is 1. The van der Waals surface area contributed by atoms with Crippen LogP contribution in [0.1, 0.15) is 60.9 Å². The highest BCUT2D eigenvalue weighted by atomic mass is 16.5. The van der Waals surface area contributed by atoms with Crippen LogP contribution in [0.25, 0.3) is 0 Å². The highest BCUT2D eigenvalue weighted by Gasteiger charge is 2.30. The number of nitrogens with zero attached hydrogens (tertiary/aromatic N) is 4. The van der Waals surface area contributed by atoms with Gasteiger partial charge >= 0.3 is 0 Å². The molecule has 3 rings (SSSR count). The molecule has 0 saturated heterocycles. The van der Waals surface area contributed by atoms with Crippen LogP contribution in [0.15, 0.2) is 23.5 Å². The predicted octanol–water partition coefficient (Wildman–Crippen LogP) is 3.31. The minimum absolute atomic E-state index is 0.223. The summed E-state index contributed by atoms with van der Waals surface area (Å²) in [6, 6.07) is 2.94. The first kappa shape index (κ1) is 20.9. The van der Waals surface area contributed by atoms with E-state index < -0.39 is 6.04 Å². The molecule has 0 bridgehead atoms. The quantitative estimate of drug-likeness (QED) is 0.467. The molecule has 1 aliphatic rings. The first-order valence-corrected chi connectivity index (χ1v) is 10.2. The Morgan fingerprint density at radius 3 is 2.90 bits per heavy atom. The van der Waals surface area contributed by atoms with Crippen LogP contribution in [0, 0.1) is 4.91 Å². The topological polar surface area (TPSA) is 113 Å². The van der Waals surface area contributed by atoms with Crippen LogP contribution in [0.5, 0.6) is 5.88 Å². The van der Waals surface area contributed by atoms with E-state index in [1.165, 1.54) is 0 Å². The fraction of sp³-hybridized carbons (Fsp3) is 0.550. The first-order valence-electron chi connectivity index (χ1n) is 10.2. The lowest BCUT2D eigenvalue weighted by Crippen LogP contribution is -2.25. The Hall–Kier alpha value is -2.81.